The number of methoxy groups -OCH3 is 1. The molecule has 20 heavy (non-hydrogen) atoms. The molecule has 0 aliphatic carbocycles. The number of nitrogens with zero attached hydrogens (tertiary/aromatic N) is 4. The molecule has 7 heteroatoms. The van der Waals surface area contributed by atoms with Gasteiger partial charge in [-0.05, 0) is 24.3 Å². The Labute approximate surface area is 121 Å². The van der Waals surface area contributed by atoms with Gasteiger partial charge in [0.05, 0.1) is 13.2 Å². The van der Waals surface area contributed by atoms with E-state index < -0.39 is 0 Å². The summed E-state index contributed by atoms with van der Waals surface area (Å²) in [6.07, 6.45) is 5.24. The molecule has 2 aromatic heterocycles. The molecule has 1 amide bonds. The summed E-state index contributed by atoms with van der Waals surface area (Å²) in [6, 6.07) is 2.04. The van der Waals surface area contributed by atoms with Crippen molar-refractivity contribution in [1.82, 2.24) is 19.7 Å². The Kier molecular flexibility index (Phi) is 3.68. The van der Waals surface area contributed by atoms with Crippen molar-refractivity contribution < 1.29 is 9.53 Å². The van der Waals surface area contributed by atoms with E-state index in [0.717, 1.165) is 19.4 Å². The van der Waals surface area contributed by atoms with E-state index in [0.29, 0.717) is 17.2 Å². The lowest BCUT2D eigenvalue weighted by Gasteiger charge is -2.32. The van der Waals surface area contributed by atoms with E-state index in [9.17, 15) is 4.79 Å². The predicted molar refractivity (Wildman–Crippen MR) is 75.1 cm³/mol. The average molecular weight is 292 g/mol. The highest BCUT2D eigenvalue weighted by atomic mass is 32.1. The number of thiophene rings is 1. The van der Waals surface area contributed by atoms with Gasteiger partial charge in [-0.3, -0.25) is 4.79 Å². The highest BCUT2D eigenvalue weighted by Gasteiger charge is 2.28. The average Bonchev–Trinajstić information content (AvgIpc) is 3.17. The van der Waals surface area contributed by atoms with E-state index >= 15 is 0 Å². The van der Waals surface area contributed by atoms with Gasteiger partial charge in [-0.1, -0.05) is 0 Å². The lowest BCUT2D eigenvalue weighted by molar-refractivity contribution is 0.0674. The molecule has 6 nitrogen and oxygen atoms in total. The van der Waals surface area contributed by atoms with Gasteiger partial charge >= 0.3 is 0 Å². The molecule has 0 spiro atoms. The van der Waals surface area contributed by atoms with Crippen LogP contribution in [0.15, 0.2) is 24.1 Å². The second-order valence-electron chi connectivity index (χ2n) is 4.74. The van der Waals surface area contributed by atoms with Gasteiger partial charge in [-0.25, -0.2) is 9.67 Å². The van der Waals surface area contributed by atoms with Crippen molar-refractivity contribution in [2.45, 2.75) is 18.9 Å². The van der Waals surface area contributed by atoms with Gasteiger partial charge in [0, 0.05) is 13.1 Å². The molecule has 0 bridgehead atoms. The van der Waals surface area contributed by atoms with Gasteiger partial charge in [0.1, 0.15) is 23.3 Å². The van der Waals surface area contributed by atoms with E-state index in [1.54, 1.807) is 13.4 Å². The highest BCUT2D eigenvalue weighted by molar-refractivity contribution is 7.12. The predicted octanol–water partition coefficient (Wildman–Crippen LogP) is 1.83. The fraction of sp³-hybridized carbons (Fsp3) is 0.462. The standard InChI is InChI=1S/C13H16N4O2S/c1-19-11-4-6-20-12(11)13(18)16-5-2-3-10(7-16)17-9-14-8-15-17/h4,6,8-10H,2-3,5,7H2,1H3. The molecule has 1 aliphatic rings. The summed E-state index contributed by atoms with van der Waals surface area (Å²) in [5.41, 5.74) is 0. The summed E-state index contributed by atoms with van der Waals surface area (Å²) in [5.74, 6) is 0.699. The molecular weight excluding hydrogens is 276 g/mol. The first-order chi connectivity index (χ1) is 9.79. The van der Waals surface area contributed by atoms with E-state index in [1.165, 1.54) is 17.7 Å². The quantitative estimate of drug-likeness (QED) is 0.866. The molecule has 0 N–H and O–H groups in total. The molecule has 1 fully saturated rings. The van der Waals surface area contributed by atoms with Gasteiger partial charge in [-0.2, -0.15) is 5.10 Å². The molecule has 3 rings (SSSR count). The number of ether oxygens (including phenoxy) is 1. The van der Waals surface area contributed by atoms with Crippen LogP contribution in [0.5, 0.6) is 5.75 Å². The maximum Gasteiger partial charge on any atom is 0.267 e. The Morgan fingerprint density at radius 2 is 2.45 bits per heavy atom. The maximum atomic E-state index is 12.6. The number of aromatic nitrogens is 3. The van der Waals surface area contributed by atoms with Gasteiger partial charge in [0.2, 0.25) is 0 Å². The second-order valence-corrected chi connectivity index (χ2v) is 5.66. The van der Waals surface area contributed by atoms with Crippen molar-refractivity contribution in [2.75, 3.05) is 20.2 Å². The van der Waals surface area contributed by atoms with E-state index in [2.05, 4.69) is 10.1 Å². The van der Waals surface area contributed by atoms with Crippen molar-refractivity contribution in [2.24, 2.45) is 0 Å². The first kappa shape index (κ1) is 13.1. The minimum absolute atomic E-state index is 0.0432. The Morgan fingerprint density at radius 1 is 1.55 bits per heavy atom. The van der Waals surface area contributed by atoms with Crippen LogP contribution >= 0.6 is 11.3 Å². The highest BCUT2D eigenvalue weighted by Crippen LogP contribution is 2.28. The molecular formula is C13H16N4O2S. The molecule has 1 atom stereocenters. The van der Waals surface area contributed by atoms with Gasteiger partial charge in [0.25, 0.3) is 5.91 Å². The van der Waals surface area contributed by atoms with Gasteiger partial charge in [-0.15, -0.1) is 11.3 Å². The zero-order chi connectivity index (χ0) is 13.9. The molecule has 1 aliphatic heterocycles. The van der Waals surface area contributed by atoms with Crippen LogP contribution in [-0.2, 0) is 0 Å². The van der Waals surface area contributed by atoms with Crippen LogP contribution in [-0.4, -0.2) is 45.8 Å². The lowest BCUT2D eigenvalue weighted by atomic mass is 10.1. The van der Waals surface area contributed by atoms with Crippen molar-refractivity contribution >= 4 is 17.2 Å². The summed E-state index contributed by atoms with van der Waals surface area (Å²) in [6.45, 7) is 1.45. The Bertz CT molecular complexity index is 581. The number of carbonyl (C=O) groups is 1. The Hall–Kier alpha value is -1.89. The van der Waals surface area contributed by atoms with Crippen LogP contribution < -0.4 is 4.74 Å². The molecule has 0 radical (unpaired) electrons. The Balaban J connectivity index is 1.75. The minimum Gasteiger partial charge on any atom is -0.495 e. The number of likely N-dealkylation sites (tertiary alicyclic amines) is 1. The molecule has 0 aromatic carbocycles. The fourth-order valence-electron chi connectivity index (χ4n) is 2.52. The number of rotatable bonds is 3. The summed E-state index contributed by atoms with van der Waals surface area (Å²) < 4.78 is 7.07. The van der Waals surface area contributed by atoms with Gasteiger partial charge in [0.15, 0.2) is 0 Å². The van der Waals surface area contributed by atoms with Crippen LogP contribution in [0.25, 0.3) is 0 Å². The topological polar surface area (TPSA) is 60.2 Å². The van der Waals surface area contributed by atoms with E-state index in [-0.39, 0.29) is 11.9 Å². The molecule has 0 saturated carbocycles. The summed E-state index contributed by atoms with van der Waals surface area (Å²) in [5, 5.41) is 6.06. The minimum atomic E-state index is 0.0432. The molecule has 106 valence electrons. The Morgan fingerprint density at radius 3 is 3.20 bits per heavy atom. The maximum absolute atomic E-state index is 12.6. The SMILES string of the molecule is COc1ccsc1C(=O)N1CCCC(n2cncn2)C1. The summed E-state index contributed by atoms with van der Waals surface area (Å²) in [7, 11) is 1.59. The number of piperidine rings is 1. The zero-order valence-electron chi connectivity index (χ0n) is 11.2. The van der Waals surface area contributed by atoms with E-state index in [4.69, 9.17) is 4.74 Å². The fourth-order valence-corrected chi connectivity index (χ4v) is 3.34. The number of carbonyl (C=O) groups excluding carboxylic acids is 1. The normalized spacial score (nSPS) is 19.1. The van der Waals surface area contributed by atoms with Crippen LogP contribution in [0.3, 0.4) is 0 Å². The largest absolute Gasteiger partial charge is 0.495 e. The van der Waals surface area contributed by atoms with Crippen LogP contribution in [0.4, 0.5) is 0 Å². The van der Waals surface area contributed by atoms with Crippen LogP contribution in [0.2, 0.25) is 0 Å². The van der Waals surface area contributed by atoms with Crippen molar-refractivity contribution in [1.29, 1.82) is 0 Å². The van der Waals surface area contributed by atoms with Crippen LogP contribution in [0.1, 0.15) is 28.6 Å². The van der Waals surface area contributed by atoms with Gasteiger partial charge < -0.3 is 9.64 Å². The van der Waals surface area contributed by atoms with E-state index in [1.807, 2.05) is 21.0 Å². The summed E-state index contributed by atoms with van der Waals surface area (Å²) >= 11 is 1.42. The van der Waals surface area contributed by atoms with Crippen molar-refractivity contribution in [3.05, 3.63) is 29.0 Å². The first-order valence-corrected chi connectivity index (χ1v) is 7.42. The number of hydrogen-bond acceptors (Lipinski definition) is 5. The second kappa shape index (κ2) is 5.62. The molecule has 3 heterocycles. The third kappa shape index (κ3) is 2.40. The summed E-state index contributed by atoms with van der Waals surface area (Å²) in [4.78, 5) is 19.1. The zero-order valence-corrected chi connectivity index (χ0v) is 12.0. The number of amides is 1. The van der Waals surface area contributed by atoms with Crippen molar-refractivity contribution in [3.8, 4) is 5.75 Å². The first-order valence-electron chi connectivity index (χ1n) is 6.54. The molecule has 1 saturated heterocycles. The monoisotopic (exact) mass is 292 g/mol. The third-order valence-corrected chi connectivity index (χ3v) is 4.42. The smallest absolute Gasteiger partial charge is 0.267 e. The third-order valence-electron chi connectivity index (χ3n) is 3.54. The molecule has 2 aromatic rings. The molecule has 1 unspecified atom stereocenters. The van der Waals surface area contributed by atoms with Crippen molar-refractivity contribution in [3.63, 3.8) is 0 Å². The van der Waals surface area contributed by atoms with Crippen LogP contribution in [0, 0.1) is 0 Å². The lowest BCUT2D eigenvalue weighted by Crippen LogP contribution is -2.40. The number of hydrogen-bond donors (Lipinski definition) is 0.